The third-order valence-corrected chi connectivity index (χ3v) is 1.22. The molecule has 0 fully saturated rings. The fraction of sp³-hybridized carbons (Fsp3) is 0.500. The van der Waals surface area contributed by atoms with Crippen LogP contribution in [-0.4, -0.2) is 38.7 Å². The fourth-order valence-corrected chi connectivity index (χ4v) is 0.551. The van der Waals surface area contributed by atoms with E-state index in [0.717, 1.165) is 0 Å². The van der Waals surface area contributed by atoms with Gasteiger partial charge in [-0.2, -0.15) is 18.4 Å². The Morgan fingerprint density at radius 1 is 1.57 bits per heavy atom. The van der Waals surface area contributed by atoms with Gasteiger partial charge in [0.2, 0.25) is 0 Å². The van der Waals surface area contributed by atoms with Crippen LogP contribution in [0.2, 0.25) is 0 Å². The summed E-state index contributed by atoms with van der Waals surface area (Å²) < 4.78 is 35.6. The standard InChI is InChI=1S/C4H5F3N6O/c5-4(6,7)1(8)2(14)9-3-10-12-13-11-3/h1H,8H2,(H2,9,10,11,12,13,14). The molecule has 0 radical (unpaired) electrons. The molecular formula is C4H5F3N6O. The average molecular weight is 210 g/mol. The van der Waals surface area contributed by atoms with Crippen molar-refractivity contribution >= 4 is 11.9 Å². The number of hydrogen-bond donors (Lipinski definition) is 3. The Morgan fingerprint density at radius 2 is 2.21 bits per heavy atom. The van der Waals surface area contributed by atoms with Gasteiger partial charge in [-0.05, 0) is 5.21 Å². The summed E-state index contributed by atoms with van der Waals surface area (Å²) in [5.74, 6) is -1.81. The fourth-order valence-electron chi connectivity index (χ4n) is 0.551. The first-order valence-corrected chi connectivity index (χ1v) is 3.28. The minimum absolute atomic E-state index is 0.366. The summed E-state index contributed by atoms with van der Waals surface area (Å²) in [6.45, 7) is 0. The molecule has 0 aliphatic heterocycles. The van der Waals surface area contributed by atoms with E-state index in [4.69, 9.17) is 0 Å². The minimum atomic E-state index is -4.80. The number of rotatable bonds is 2. The summed E-state index contributed by atoms with van der Waals surface area (Å²) in [6.07, 6.45) is -4.80. The van der Waals surface area contributed by atoms with E-state index in [2.05, 4.69) is 21.1 Å². The van der Waals surface area contributed by atoms with E-state index in [0.29, 0.717) is 0 Å². The number of aromatic nitrogens is 4. The summed E-state index contributed by atoms with van der Waals surface area (Å²) in [4.78, 5) is 10.8. The number of nitrogens with zero attached hydrogens (tertiary/aromatic N) is 3. The summed E-state index contributed by atoms with van der Waals surface area (Å²) in [6, 6.07) is -2.61. The summed E-state index contributed by atoms with van der Waals surface area (Å²) in [5, 5.41) is 13.1. The molecule has 1 unspecified atom stereocenters. The van der Waals surface area contributed by atoms with Gasteiger partial charge in [0.15, 0.2) is 6.04 Å². The van der Waals surface area contributed by atoms with Gasteiger partial charge in [-0.15, -0.1) is 5.10 Å². The third-order valence-electron chi connectivity index (χ3n) is 1.22. The quantitative estimate of drug-likeness (QED) is 0.581. The van der Waals surface area contributed by atoms with E-state index in [1.807, 2.05) is 5.21 Å². The molecule has 7 nitrogen and oxygen atoms in total. The maximum absolute atomic E-state index is 11.9. The number of halogens is 3. The molecule has 1 rings (SSSR count). The topological polar surface area (TPSA) is 110 Å². The molecule has 0 bridgehead atoms. The van der Waals surface area contributed by atoms with Crippen molar-refractivity contribution in [3.63, 3.8) is 0 Å². The summed E-state index contributed by atoms with van der Waals surface area (Å²) >= 11 is 0. The molecule has 14 heavy (non-hydrogen) atoms. The van der Waals surface area contributed by atoms with E-state index in [9.17, 15) is 18.0 Å². The van der Waals surface area contributed by atoms with Crippen LogP contribution in [0.1, 0.15) is 0 Å². The molecule has 0 aromatic carbocycles. The van der Waals surface area contributed by atoms with E-state index in [1.165, 1.54) is 0 Å². The predicted octanol–water partition coefficient (Wildman–Crippen LogP) is -0.972. The Bertz CT molecular complexity index is 307. The molecule has 1 atom stereocenters. The van der Waals surface area contributed by atoms with Crippen LogP contribution in [0, 0.1) is 0 Å². The number of anilines is 1. The van der Waals surface area contributed by atoms with E-state index in [-0.39, 0.29) is 5.95 Å². The molecular weight excluding hydrogens is 205 g/mol. The van der Waals surface area contributed by atoms with Crippen molar-refractivity contribution in [2.45, 2.75) is 12.2 Å². The zero-order valence-corrected chi connectivity index (χ0v) is 6.54. The largest absolute Gasteiger partial charge is 0.412 e. The number of nitrogens with one attached hydrogen (secondary N) is 2. The lowest BCUT2D eigenvalue weighted by molar-refractivity contribution is -0.159. The van der Waals surface area contributed by atoms with E-state index in [1.54, 1.807) is 5.32 Å². The Hall–Kier alpha value is -1.71. The monoisotopic (exact) mass is 210 g/mol. The maximum atomic E-state index is 11.9. The van der Waals surface area contributed by atoms with Crippen molar-refractivity contribution in [2.75, 3.05) is 5.32 Å². The second-order valence-corrected chi connectivity index (χ2v) is 2.24. The van der Waals surface area contributed by atoms with E-state index >= 15 is 0 Å². The van der Waals surface area contributed by atoms with Gasteiger partial charge in [0.05, 0.1) is 0 Å². The van der Waals surface area contributed by atoms with Crippen LogP contribution in [0.25, 0.3) is 0 Å². The van der Waals surface area contributed by atoms with Crippen molar-refractivity contribution in [3.8, 4) is 0 Å². The molecule has 0 aliphatic carbocycles. The number of hydrogen-bond acceptors (Lipinski definition) is 5. The SMILES string of the molecule is NC(C(=O)Nc1nn[nH]n1)C(F)(F)F. The number of carbonyl (C=O) groups excluding carboxylic acids is 1. The normalized spacial score (nSPS) is 13.7. The lowest BCUT2D eigenvalue weighted by Crippen LogP contribution is -2.47. The van der Waals surface area contributed by atoms with Crippen LogP contribution < -0.4 is 11.1 Å². The molecule has 4 N–H and O–H groups in total. The molecule has 0 saturated carbocycles. The predicted molar refractivity (Wildman–Crippen MR) is 36.8 cm³/mol. The summed E-state index contributed by atoms with van der Waals surface area (Å²) in [5.41, 5.74) is 4.59. The van der Waals surface area contributed by atoms with Crippen molar-refractivity contribution in [1.82, 2.24) is 20.6 Å². The van der Waals surface area contributed by atoms with Crippen molar-refractivity contribution in [2.24, 2.45) is 5.73 Å². The van der Waals surface area contributed by atoms with Gasteiger partial charge >= 0.3 is 6.18 Å². The summed E-state index contributed by atoms with van der Waals surface area (Å²) in [7, 11) is 0. The van der Waals surface area contributed by atoms with E-state index < -0.39 is 18.1 Å². The molecule has 78 valence electrons. The minimum Gasteiger partial charge on any atom is -0.312 e. The molecule has 0 spiro atoms. The Morgan fingerprint density at radius 3 is 2.64 bits per heavy atom. The lowest BCUT2D eigenvalue weighted by Gasteiger charge is -2.13. The van der Waals surface area contributed by atoms with Crippen molar-refractivity contribution < 1.29 is 18.0 Å². The first-order chi connectivity index (χ1) is 6.41. The van der Waals surface area contributed by atoms with Crippen LogP contribution in [-0.2, 0) is 4.79 Å². The first kappa shape index (κ1) is 10.4. The van der Waals surface area contributed by atoms with Gasteiger partial charge < -0.3 is 5.73 Å². The van der Waals surface area contributed by atoms with Crippen LogP contribution in [0.4, 0.5) is 19.1 Å². The van der Waals surface area contributed by atoms with Gasteiger partial charge in [-0.3, -0.25) is 10.1 Å². The van der Waals surface area contributed by atoms with Crippen molar-refractivity contribution in [1.29, 1.82) is 0 Å². The average Bonchev–Trinajstić information content (AvgIpc) is 2.53. The molecule has 0 aliphatic rings. The van der Waals surface area contributed by atoms with Gasteiger partial charge in [0.1, 0.15) is 0 Å². The number of aromatic amines is 1. The highest BCUT2D eigenvalue weighted by molar-refractivity contribution is 5.93. The number of amides is 1. The number of H-pyrrole nitrogens is 1. The Balaban J connectivity index is 2.59. The van der Waals surface area contributed by atoms with Gasteiger partial charge in [-0.1, -0.05) is 5.10 Å². The third kappa shape index (κ3) is 2.39. The lowest BCUT2D eigenvalue weighted by atomic mass is 10.3. The molecule has 10 heteroatoms. The molecule has 1 heterocycles. The second kappa shape index (κ2) is 3.57. The number of alkyl halides is 3. The highest BCUT2D eigenvalue weighted by Gasteiger charge is 2.42. The van der Waals surface area contributed by atoms with Crippen LogP contribution >= 0.6 is 0 Å². The van der Waals surface area contributed by atoms with Gasteiger partial charge in [-0.25, -0.2) is 0 Å². The first-order valence-electron chi connectivity index (χ1n) is 3.28. The number of nitrogens with two attached hydrogens (primary N) is 1. The Labute approximate surface area is 74.8 Å². The van der Waals surface area contributed by atoms with Gasteiger partial charge in [0, 0.05) is 0 Å². The second-order valence-electron chi connectivity index (χ2n) is 2.24. The molecule has 1 aromatic rings. The Kier molecular flexibility index (Phi) is 2.65. The number of tetrazole rings is 1. The highest BCUT2D eigenvalue weighted by Crippen LogP contribution is 2.18. The highest BCUT2D eigenvalue weighted by atomic mass is 19.4. The zero-order valence-electron chi connectivity index (χ0n) is 6.54. The van der Waals surface area contributed by atoms with Crippen LogP contribution in [0.5, 0.6) is 0 Å². The molecule has 0 saturated heterocycles. The smallest absolute Gasteiger partial charge is 0.312 e. The number of carbonyl (C=O) groups is 1. The van der Waals surface area contributed by atoms with Crippen LogP contribution in [0.15, 0.2) is 0 Å². The molecule has 1 amide bonds. The zero-order chi connectivity index (χ0) is 10.8. The molecule has 1 aromatic heterocycles. The van der Waals surface area contributed by atoms with Crippen molar-refractivity contribution in [3.05, 3.63) is 0 Å². The maximum Gasteiger partial charge on any atom is 0.412 e. The van der Waals surface area contributed by atoms with Gasteiger partial charge in [0.25, 0.3) is 11.9 Å². The van der Waals surface area contributed by atoms with Crippen LogP contribution in [0.3, 0.4) is 0 Å².